The van der Waals surface area contributed by atoms with Gasteiger partial charge in [-0.15, -0.1) is 0 Å². The van der Waals surface area contributed by atoms with E-state index in [1.807, 2.05) is 0 Å². The topological polar surface area (TPSA) is 12.0 Å². The summed E-state index contributed by atoms with van der Waals surface area (Å²) in [5.74, 6) is 2.01. The predicted octanol–water partition coefficient (Wildman–Crippen LogP) is 4.40. The number of hydrogen-bond donors (Lipinski definition) is 1. The van der Waals surface area contributed by atoms with Crippen LogP contribution in [-0.4, -0.2) is 12.6 Å². The van der Waals surface area contributed by atoms with Gasteiger partial charge in [0.2, 0.25) is 0 Å². The van der Waals surface area contributed by atoms with Gasteiger partial charge in [-0.1, -0.05) is 35.7 Å². The average Bonchev–Trinajstić information content (AvgIpc) is 3.05. The first-order valence-electron chi connectivity index (χ1n) is 8.93. The summed E-state index contributed by atoms with van der Waals surface area (Å²) in [7, 11) is 0. The minimum Gasteiger partial charge on any atom is -0.313 e. The van der Waals surface area contributed by atoms with E-state index in [9.17, 15) is 0 Å². The summed E-state index contributed by atoms with van der Waals surface area (Å²) < 4.78 is 0. The zero-order valence-electron chi connectivity index (χ0n) is 13.6. The van der Waals surface area contributed by atoms with Crippen LogP contribution in [0, 0.1) is 31.1 Å². The lowest BCUT2D eigenvalue weighted by molar-refractivity contribution is 0.155. The summed E-state index contributed by atoms with van der Waals surface area (Å²) in [5, 5.41) is 3.87. The number of benzene rings is 1. The fourth-order valence-corrected chi connectivity index (χ4v) is 5.27. The normalized spacial score (nSPS) is 34.6. The van der Waals surface area contributed by atoms with E-state index in [0.717, 1.165) is 17.9 Å². The third kappa shape index (κ3) is 2.77. The van der Waals surface area contributed by atoms with Crippen molar-refractivity contribution in [3.05, 3.63) is 34.9 Å². The van der Waals surface area contributed by atoms with Gasteiger partial charge >= 0.3 is 0 Å². The number of nitrogens with one attached hydrogen (secondary N) is 1. The zero-order chi connectivity index (χ0) is 14.4. The Kier molecular flexibility index (Phi) is 3.37. The first-order valence-corrected chi connectivity index (χ1v) is 8.93. The summed E-state index contributed by atoms with van der Waals surface area (Å²) >= 11 is 0. The van der Waals surface area contributed by atoms with E-state index in [-0.39, 0.29) is 0 Å². The lowest BCUT2D eigenvalue weighted by Gasteiger charge is -2.39. The van der Waals surface area contributed by atoms with Gasteiger partial charge in [0.25, 0.3) is 0 Å². The lowest BCUT2D eigenvalue weighted by Crippen LogP contribution is -2.41. The summed E-state index contributed by atoms with van der Waals surface area (Å²) in [6.45, 7) is 5.75. The summed E-state index contributed by atoms with van der Waals surface area (Å²) in [5.41, 5.74) is 5.00. The van der Waals surface area contributed by atoms with Crippen molar-refractivity contribution >= 4 is 0 Å². The minimum atomic E-state index is 0.561. The summed E-state index contributed by atoms with van der Waals surface area (Å²) in [6, 6.07) is 8.01. The van der Waals surface area contributed by atoms with Crippen molar-refractivity contribution in [3.8, 4) is 0 Å². The molecule has 0 aliphatic heterocycles. The van der Waals surface area contributed by atoms with Crippen LogP contribution in [0.3, 0.4) is 0 Å². The Hall–Kier alpha value is -0.820. The molecule has 3 unspecified atom stereocenters. The Bertz CT molecular complexity index is 510. The molecule has 0 radical (unpaired) electrons. The van der Waals surface area contributed by atoms with Crippen molar-refractivity contribution in [2.75, 3.05) is 6.54 Å². The molecule has 0 heterocycles. The third-order valence-electron chi connectivity index (χ3n) is 6.26. The fourth-order valence-electron chi connectivity index (χ4n) is 5.27. The van der Waals surface area contributed by atoms with Crippen LogP contribution in [0.5, 0.6) is 0 Å². The molecule has 3 saturated carbocycles. The number of rotatable bonds is 5. The van der Waals surface area contributed by atoms with E-state index in [2.05, 4.69) is 37.4 Å². The number of aryl methyl sites for hydroxylation is 2. The Morgan fingerprint density at radius 1 is 1.05 bits per heavy atom. The molecule has 1 aromatic carbocycles. The molecule has 0 amide bonds. The molecule has 3 aliphatic carbocycles. The quantitative estimate of drug-likeness (QED) is 0.844. The van der Waals surface area contributed by atoms with E-state index >= 15 is 0 Å². The van der Waals surface area contributed by atoms with Crippen LogP contribution in [0.2, 0.25) is 0 Å². The van der Waals surface area contributed by atoms with E-state index < -0.39 is 0 Å². The maximum absolute atomic E-state index is 3.87. The highest BCUT2D eigenvalue weighted by molar-refractivity contribution is 5.30. The minimum absolute atomic E-state index is 0.561. The molecule has 0 spiro atoms. The van der Waals surface area contributed by atoms with Crippen molar-refractivity contribution in [2.24, 2.45) is 17.3 Å². The molecule has 4 rings (SSSR count). The third-order valence-corrected chi connectivity index (χ3v) is 6.26. The number of hydrogen-bond acceptors (Lipinski definition) is 1. The first-order chi connectivity index (χ1) is 10.1. The highest BCUT2D eigenvalue weighted by Crippen LogP contribution is 2.57. The summed E-state index contributed by atoms with van der Waals surface area (Å²) in [6.07, 6.45) is 10.1. The fraction of sp³-hybridized carbons (Fsp3) is 0.700. The molecule has 1 heteroatoms. The highest BCUT2D eigenvalue weighted by Gasteiger charge is 2.50. The predicted molar refractivity (Wildman–Crippen MR) is 88.5 cm³/mol. The van der Waals surface area contributed by atoms with Crippen molar-refractivity contribution in [1.82, 2.24) is 5.32 Å². The smallest absolute Gasteiger partial charge is 0.00684 e. The number of fused-ring (bicyclic) bond motifs is 2. The second-order valence-electron chi connectivity index (χ2n) is 8.27. The Balaban J connectivity index is 1.56. The van der Waals surface area contributed by atoms with Gasteiger partial charge in [0.1, 0.15) is 0 Å². The lowest BCUT2D eigenvalue weighted by atomic mass is 9.69. The van der Waals surface area contributed by atoms with Crippen LogP contribution in [-0.2, 0) is 6.42 Å². The standard InChI is InChI=1S/C20H29N/c1-14-7-15(2)9-17(8-14)12-20(13-21-19-5-6-19)11-16-3-4-18(20)10-16/h7-9,16,18-19,21H,3-6,10-13H2,1-2H3. The zero-order valence-corrected chi connectivity index (χ0v) is 13.6. The van der Waals surface area contributed by atoms with Gasteiger partial charge in [-0.3, -0.25) is 0 Å². The SMILES string of the molecule is Cc1cc(C)cc(CC2(CNC3CC3)CC3CCC2C3)c1. The largest absolute Gasteiger partial charge is 0.313 e. The molecule has 0 aromatic heterocycles. The van der Waals surface area contributed by atoms with Crippen LogP contribution in [0.4, 0.5) is 0 Å². The van der Waals surface area contributed by atoms with Gasteiger partial charge in [0.05, 0.1) is 0 Å². The van der Waals surface area contributed by atoms with Crippen LogP contribution < -0.4 is 5.32 Å². The van der Waals surface area contributed by atoms with Gasteiger partial charge in [-0.25, -0.2) is 0 Å². The second kappa shape index (κ2) is 5.12. The second-order valence-corrected chi connectivity index (χ2v) is 8.27. The van der Waals surface area contributed by atoms with Crippen LogP contribution in [0.25, 0.3) is 0 Å². The molecule has 114 valence electrons. The first kappa shape index (κ1) is 13.8. The molecule has 1 nitrogen and oxygen atoms in total. The molecular weight excluding hydrogens is 254 g/mol. The molecule has 3 aliphatic rings. The van der Waals surface area contributed by atoms with Gasteiger partial charge in [0, 0.05) is 12.6 Å². The van der Waals surface area contributed by atoms with Gasteiger partial charge in [-0.2, -0.15) is 0 Å². The van der Waals surface area contributed by atoms with E-state index in [0.29, 0.717) is 5.41 Å². The van der Waals surface area contributed by atoms with Crippen LogP contribution in [0.1, 0.15) is 55.2 Å². The maximum Gasteiger partial charge on any atom is 0.00684 e. The summed E-state index contributed by atoms with van der Waals surface area (Å²) in [4.78, 5) is 0. The Morgan fingerprint density at radius 3 is 2.38 bits per heavy atom. The van der Waals surface area contributed by atoms with Gasteiger partial charge in [0.15, 0.2) is 0 Å². The van der Waals surface area contributed by atoms with Crippen molar-refractivity contribution in [1.29, 1.82) is 0 Å². The monoisotopic (exact) mass is 283 g/mol. The molecule has 0 saturated heterocycles. The van der Waals surface area contributed by atoms with E-state index in [4.69, 9.17) is 0 Å². The van der Waals surface area contributed by atoms with Gasteiger partial charge < -0.3 is 5.32 Å². The van der Waals surface area contributed by atoms with Crippen molar-refractivity contribution < 1.29 is 0 Å². The van der Waals surface area contributed by atoms with Crippen LogP contribution in [0.15, 0.2) is 18.2 Å². The Labute approximate surface area is 129 Å². The molecule has 3 fully saturated rings. The molecule has 1 N–H and O–H groups in total. The maximum atomic E-state index is 3.87. The van der Waals surface area contributed by atoms with E-state index in [1.165, 1.54) is 62.6 Å². The van der Waals surface area contributed by atoms with Crippen molar-refractivity contribution in [2.45, 2.75) is 64.8 Å². The Morgan fingerprint density at radius 2 is 1.81 bits per heavy atom. The molecular formula is C20H29N. The highest BCUT2D eigenvalue weighted by atomic mass is 15.0. The molecule has 21 heavy (non-hydrogen) atoms. The molecule has 2 bridgehead atoms. The average molecular weight is 283 g/mol. The van der Waals surface area contributed by atoms with Crippen molar-refractivity contribution in [3.63, 3.8) is 0 Å². The van der Waals surface area contributed by atoms with Crippen LogP contribution >= 0.6 is 0 Å². The molecule has 3 atom stereocenters. The molecule has 1 aromatic rings. The van der Waals surface area contributed by atoms with Gasteiger partial charge in [-0.05, 0) is 75.2 Å². The van der Waals surface area contributed by atoms with E-state index in [1.54, 1.807) is 5.56 Å².